The molecule has 0 bridgehead atoms. The number of benzene rings is 1. The second-order valence-corrected chi connectivity index (χ2v) is 4.45. The molecule has 22 heavy (non-hydrogen) atoms. The normalized spacial score (nSPS) is 11.9. The average molecular weight is 296 g/mol. The van der Waals surface area contributed by atoms with Crippen molar-refractivity contribution in [2.24, 2.45) is 0 Å². The zero-order valence-corrected chi connectivity index (χ0v) is 11.7. The summed E-state index contributed by atoms with van der Waals surface area (Å²) in [5.41, 5.74) is 0.922. The highest BCUT2D eigenvalue weighted by molar-refractivity contribution is 5.86. The van der Waals surface area contributed by atoms with Crippen molar-refractivity contribution in [1.29, 1.82) is 0 Å². The lowest BCUT2D eigenvalue weighted by Gasteiger charge is -2.08. The Morgan fingerprint density at radius 3 is 2.73 bits per heavy atom. The maximum atomic E-state index is 11.9. The van der Waals surface area contributed by atoms with Crippen molar-refractivity contribution in [3.8, 4) is 11.5 Å². The lowest BCUT2D eigenvalue weighted by atomic mass is 10.2. The van der Waals surface area contributed by atoms with E-state index in [0.717, 1.165) is 5.56 Å². The van der Waals surface area contributed by atoms with E-state index in [1.807, 2.05) is 30.3 Å². The van der Waals surface area contributed by atoms with E-state index in [1.54, 1.807) is 6.92 Å². The fraction of sp³-hybridized carbons (Fsp3) is 0.133. The molecule has 0 radical (unpaired) electrons. The molecule has 7 nitrogen and oxygen atoms in total. The molecule has 7 heteroatoms. The summed E-state index contributed by atoms with van der Waals surface area (Å²) in [7, 11) is 0. The first-order valence-corrected chi connectivity index (χ1v) is 6.60. The average Bonchev–Trinajstić information content (AvgIpc) is 3.06. The molecule has 1 atom stereocenters. The fourth-order valence-electron chi connectivity index (χ4n) is 1.77. The lowest BCUT2D eigenvalue weighted by Crippen LogP contribution is -2.11. The van der Waals surface area contributed by atoms with Crippen LogP contribution in [-0.2, 0) is 4.74 Å². The molecule has 0 spiro atoms. The van der Waals surface area contributed by atoms with Crippen LogP contribution in [0.5, 0.6) is 0 Å². The highest BCUT2D eigenvalue weighted by atomic mass is 16.6. The van der Waals surface area contributed by atoms with Gasteiger partial charge >= 0.3 is 5.97 Å². The molecule has 1 aromatic carbocycles. The quantitative estimate of drug-likeness (QED) is 0.683. The number of esters is 1. The van der Waals surface area contributed by atoms with E-state index in [-0.39, 0.29) is 11.6 Å². The van der Waals surface area contributed by atoms with Crippen LogP contribution in [0.1, 0.15) is 29.4 Å². The standard InChI is InChI=1S/C15H12N4O3/c1-10(21-15(20)12-9-16-7-8-17-12)13-18-19-14(22-13)11-5-3-2-4-6-11/h2-10H,1H3/t10-/m0/s1. The molecule has 0 aliphatic rings. The number of aromatic nitrogens is 4. The molecule has 3 rings (SSSR count). The van der Waals surface area contributed by atoms with Gasteiger partial charge in [0, 0.05) is 18.0 Å². The number of rotatable bonds is 4. The van der Waals surface area contributed by atoms with Crippen LogP contribution < -0.4 is 0 Å². The first kappa shape index (κ1) is 13.9. The number of ether oxygens (including phenoxy) is 1. The van der Waals surface area contributed by atoms with Crippen LogP contribution in [0.25, 0.3) is 11.5 Å². The third-order valence-corrected chi connectivity index (χ3v) is 2.87. The van der Waals surface area contributed by atoms with E-state index >= 15 is 0 Å². The molecular formula is C15H12N4O3. The molecular weight excluding hydrogens is 284 g/mol. The monoisotopic (exact) mass is 296 g/mol. The van der Waals surface area contributed by atoms with Crippen LogP contribution in [0.15, 0.2) is 53.3 Å². The summed E-state index contributed by atoms with van der Waals surface area (Å²) in [5, 5.41) is 7.86. The van der Waals surface area contributed by atoms with Crippen molar-refractivity contribution >= 4 is 5.97 Å². The fourth-order valence-corrected chi connectivity index (χ4v) is 1.77. The van der Waals surface area contributed by atoms with E-state index in [1.165, 1.54) is 18.6 Å². The minimum absolute atomic E-state index is 0.122. The van der Waals surface area contributed by atoms with E-state index in [2.05, 4.69) is 20.2 Å². The highest BCUT2D eigenvalue weighted by Gasteiger charge is 2.20. The van der Waals surface area contributed by atoms with E-state index in [0.29, 0.717) is 5.89 Å². The van der Waals surface area contributed by atoms with Crippen molar-refractivity contribution in [3.63, 3.8) is 0 Å². The van der Waals surface area contributed by atoms with Crippen LogP contribution in [0.4, 0.5) is 0 Å². The minimum atomic E-state index is -0.681. The summed E-state index contributed by atoms with van der Waals surface area (Å²) >= 11 is 0. The Morgan fingerprint density at radius 1 is 1.18 bits per heavy atom. The zero-order valence-electron chi connectivity index (χ0n) is 11.7. The van der Waals surface area contributed by atoms with Gasteiger partial charge in [-0.3, -0.25) is 4.98 Å². The highest BCUT2D eigenvalue weighted by Crippen LogP contribution is 2.22. The van der Waals surface area contributed by atoms with Crippen molar-refractivity contribution in [2.75, 3.05) is 0 Å². The summed E-state index contributed by atoms with van der Waals surface area (Å²) < 4.78 is 10.8. The van der Waals surface area contributed by atoms with Gasteiger partial charge in [-0.05, 0) is 19.1 Å². The maximum absolute atomic E-state index is 11.9. The van der Waals surface area contributed by atoms with Crippen LogP contribution in [0.3, 0.4) is 0 Å². The SMILES string of the molecule is C[C@H](OC(=O)c1cnccn1)c1nnc(-c2ccccc2)o1. The molecule has 0 saturated carbocycles. The Labute approximate surface area is 126 Å². The molecule has 0 N–H and O–H groups in total. The van der Waals surface area contributed by atoms with Crippen molar-refractivity contribution in [1.82, 2.24) is 20.2 Å². The Bertz CT molecular complexity index is 759. The molecule has 0 aliphatic carbocycles. The van der Waals surface area contributed by atoms with Gasteiger partial charge in [-0.1, -0.05) is 18.2 Å². The van der Waals surface area contributed by atoms with Gasteiger partial charge in [-0.2, -0.15) is 0 Å². The maximum Gasteiger partial charge on any atom is 0.359 e. The van der Waals surface area contributed by atoms with Gasteiger partial charge in [0.05, 0.1) is 6.20 Å². The molecule has 3 aromatic rings. The number of carbonyl (C=O) groups excluding carboxylic acids is 1. The van der Waals surface area contributed by atoms with Crippen LogP contribution in [0, 0.1) is 0 Å². The van der Waals surface area contributed by atoms with Crippen LogP contribution in [0.2, 0.25) is 0 Å². The molecule has 110 valence electrons. The Balaban J connectivity index is 1.72. The van der Waals surface area contributed by atoms with Crippen LogP contribution in [-0.4, -0.2) is 26.1 Å². The first-order chi connectivity index (χ1) is 10.7. The number of hydrogen-bond donors (Lipinski definition) is 0. The predicted molar refractivity (Wildman–Crippen MR) is 75.6 cm³/mol. The Morgan fingerprint density at radius 2 is 2.00 bits per heavy atom. The predicted octanol–water partition coefficient (Wildman–Crippen LogP) is 2.44. The van der Waals surface area contributed by atoms with E-state index < -0.39 is 12.1 Å². The van der Waals surface area contributed by atoms with E-state index in [4.69, 9.17) is 9.15 Å². The molecule has 0 unspecified atom stereocenters. The summed E-state index contributed by atoms with van der Waals surface area (Å²) in [5.74, 6) is -0.00541. The third kappa shape index (κ3) is 2.98. The Kier molecular flexibility index (Phi) is 3.86. The molecule has 2 aromatic heterocycles. The van der Waals surface area contributed by atoms with Gasteiger partial charge in [-0.25, -0.2) is 9.78 Å². The molecule has 0 amide bonds. The van der Waals surface area contributed by atoms with Crippen molar-refractivity contribution < 1.29 is 13.9 Å². The van der Waals surface area contributed by atoms with Crippen molar-refractivity contribution in [2.45, 2.75) is 13.0 Å². The zero-order chi connectivity index (χ0) is 15.4. The van der Waals surface area contributed by atoms with Gasteiger partial charge in [0.2, 0.25) is 5.89 Å². The van der Waals surface area contributed by atoms with Crippen molar-refractivity contribution in [3.05, 3.63) is 60.5 Å². The smallest absolute Gasteiger partial charge is 0.359 e. The summed E-state index contributed by atoms with van der Waals surface area (Å²) in [6.07, 6.45) is 3.55. The first-order valence-electron chi connectivity index (χ1n) is 6.60. The number of carbonyl (C=O) groups is 1. The third-order valence-electron chi connectivity index (χ3n) is 2.87. The second-order valence-electron chi connectivity index (χ2n) is 4.45. The number of hydrogen-bond acceptors (Lipinski definition) is 7. The van der Waals surface area contributed by atoms with Gasteiger partial charge in [0.15, 0.2) is 11.8 Å². The molecule has 0 aliphatic heterocycles. The summed E-state index contributed by atoms with van der Waals surface area (Å²) in [6, 6.07) is 9.35. The minimum Gasteiger partial charge on any atom is -0.448 e. The summed E-state index contributed by atoms with van der Waals surface area (Å²) in [4.78, 5) is 19.6. The van der Waals surface area contributed by atoms with Gasteiger partial charge in [0.1, 0.15) is 0 Å². The Hall–Kier alpha value is -3.09. The van der Waals surface area contributed by atoms with Gasteiger partial charge in [-0.15, -0.1) is 10.2 Å². The van der Waals surface area contributed by atoms with Gasteiger partial charge in [0.25, 0.3) is 5.89 Å². The molecule has 0 fully saturated rings. The van der Waals surface area contributed by atoms with E-state index in [9.17, 15) is 4.79 Å². The molecule has 2 heterocycles. The summed E-state index contributed by atoms with van der Waals surface area (Å²) in [6.45, 7) is 1.65. The second kappa shape index (κ2) is 6.13. The largest absolute Gasteiger partial charge is 0.448 e. The van der Waals surface area contributed by atoms with Crippen LogP contribution >= 0.6 is 0 Å². The number of nitrogens with zero attached hydrogens (tertiary/aromatic N) is 4. The molecule has 0 saturated heterocycles. The lowest BCUT2D eigenvalue weighted by molar-refractivity contribution is 0.0272. The van der Waals surface area contributed by atoms with Gasteiger partial charge < -0.3 is 9.15 Å². The topological polar surface area (TPSA) is 91.0 Å².